The Kier molecular flexibility index (Phi) is 6.30. The zero-order valence-corrected chi connectivity index (χ0v) is 10.4. The van der Waals surface area contributed by atoms with Crippen LogP contribution in [0.5, 0.6) is 0 Å². The summed E-state index contributed by atoms with van der Waals surface area (Å²) < 4.78 is 4.49. The molecule has 0 radical (unpaired) electrons. The number of carbonyl (C=O) groups is 2. The van der Waals surface area contributed by atoms with Crippen LogP contribution in [0.3, 0.4) is 0 Å². The van der Waals surface area contributed by atoms with E-state index in [1.165, 1.54) is 13.2 Å². The van der Waals surface area contributed by atoms with E-state index in [1.54, 1.807) is 6.08 Å². The van der Waals surface area contributed by atoms with Crippen molar-refractivity contribution < 1.29 is 14.3 Å². The first-order chi connectivity index (χ1) is 8.24. The van der Waals surface area contributed by atoms with E-state index in [0.717, 1.165) is 38.5 Å². The lowest BCUT2D eigenvalue weighted by molar-refractivity contribution is -0.134. The van der Waals surface area contributed by atoms with Gasteiger partial charge in [0.1, 0.15) is 0 Å². The molecule has 0 amide bonds. The summed E-state index contributed by atoms with van der Waals surface area (Å²) in [5, 5.41) is 0. The average Bonchev–Trinajstić information content (AvgIpc) is 2.35. The van der Waals surface area contributed by atoms with E-state index in [-0.39, 0.29) is 17.7 Å². The van der Waals surface area contributed by atoms with E-state index in [4.69, 9.17) is 0 Å². The van der Waals surface area contributed by atoms with Gasteiger partial charge in [-0.15, -0.1) is 0 Å². The third kappa shape index (κ3) is 5.48. The highest BCUT2D eigenvalue weighted by Gasteiger charge is 2.17. The molecule has 0 saturated carbocycles. The molecule has 1 unspecified atom stereocenters. The zero-order chi connectivity index (χ0) is 12.5. The summed E-state index contributed by atoms with van der Waals surface area (Å²) in [6.07, 6.45) is 12.9. The maximum atomic E-state index is 11.5. The molecule has 0 spiro atoms. The smallest absolute Gasteiger partial charge is 0.330 e. The van der Waals surface area contributed by atoms with Gasteiger partial charge in [0.05, 0.1) is 7.11 Å². The summed E-state index contributed by atoms with van der Waals surface area (Å²) in [6, 6.07) is 0. The van der Waals surface area contributed by atoms with Gasteiger partial charge in [-0.3, -0.25) is 4.79 Å². The number of hydrogen-bond acceptors (Lipinski definition) is 3. The normalized spacial score (nSPS) is 19.8. The fourth-order valence-corrected chi connectivity index (χ4v) is 1.96. The number of allylic oxidation sites excluding steroid dienone is 3. The van der Waals surface area contributed by atoms with E-state index >= 15 is 0 Å². The molecule has 0 saturated heterocycles. The topological polar surface area (TPSA) is 43.4 Å². The average molecular weight is 236 g/mol. The quantitative estimate of drug-likeness (QED) is 0.404. The first-order valence-electron chi connectivity index (χ1n) is 6.19. The SMILES string of the molecule is COC(=O)/C=C/CCCCC1CCC=CC1=O. The molecule has 0 heterocycles. The number of methoxy groups -OCH3 is 1. The Labute approximate surface area is 103 Å². The largest absolute Gasteiger partial charge is 0.466 e. The number of esters is 1. The van der Waals surface area contributed by atoms with E-state index in [1.807, 2.05) is 12.2 Å². The van der Waals surface area contributed by atoms with Gasteiger partial charge in [0, 0.05) is 12.0 Å². The lowest BCUT2D eigenvalue weighted by Crippen LogP contribution is -2.14. The third-order valence-electron chi connectivity index (χ3n) is 2.99. The van der Waals surface area contributed by atoms with Gasteiger partial charge in [-0.25, -0.2) is 4.79 Å². The van der Waals surface area contributed by atoms with Crippen molar-refractivity contribution in [3.05, 3.63) is 24.3 Å². The fourth-order valence-electron chi connectivity index (χ4n) is 1.96. The van der Waals surface area contributed by atoms with Crippen molar-refractivity contribution >= 4 is 11.8 Å². The van der Waals surface area contributed by atoms with E-state index < -0.39 is 0 Å². The molecule has 1 rings (SSSR count). The standard InChI is InChI=1S/C14H20O3/c1-17-14(16)11-5-3-2-4-8-12-9-6-7-10-13(12)15/h5,7,10-12H,2-4,6,8-9H2,1H3/b11-5+. The van der Waals surface area contributed by atoms with Crippen LogP contribution in [0.4, 0.5) is 0 Å². The van der Waals surface area contributed by atoms with Crippen LogP contribution < -0.4 is 0 Å². The van der Waals surface area contributed by atoms with Crippen LogP contribution in [0.25, 0.3) is 0 Å². The van der Waals surface area contributed by atoms with Gasteiger partial charge in [-0.05, 0) is 38.2 Å². The van der Waals surface area contributed by atoms with Gasteiger partial charge < -0.3 is 4.74 Å². The second-order valence-electron chi connectivity index (χ2n) is 4.29. The first-order valence-corrected chi connectivity index (χ1v) is 6.19. The molecule has 1 aliphatic rings. The van der Waals surface area contributed by atoms with Gasteiger partial charge in [-0.1, -0.05) is 18.6 Å². The van der Waals surface area contributed by atoms with Crippen LogP contribution in [0.15, 0.2) is 24.3 Å². The van der Waals surface area contributed by atoms with Crippen LogP contribution in [0, 0.1) is 5.92 Å². The number of ether oxygens (including phenoxy) is 1. The minimum absolute atomic E-state index is 0.226. The third-order valence-corrected chi connectivity index (χ3v) is 2.99. The molecule has 1 atom stereocenters. The van der Waals surface area contributed by atoms with Crippen molar-refractivity contribution in [2.75, 3.05) is 7.11 Å². The highest BCUT2D eigenvalue weighted by molar-refractivity contribution is 5.92. The lowest BCUT2D eigenvalue weighted by Gasteiger charge is -2.15. The molecule has 0 fully saturated rings. The molecule has 0 N–H and O–H groups in total. The van der Waals surface area contributed by atoms with Gasteiger partial charge >= 0.3 is 5.97 Å². The predicted octanol–water partition coefficient (Wildman–Crippen LogP) is 2.81. The number of ketones is 1. The monoisotopic (exact) mass is 236 g/mol. The van der Waals surface area contributed by atoms with Crippen LogP contribution in [0.2, 0.25) is 0 Å². The molecule has 0 aliphatic heterocycles. The Morgan fingerprint density at radius 1 is 1.53 bits per heavy atom. The molecule has 1 aliphatic carbocycles. The molecule has 0 bridgehead atoms. The van der Waals surface area contributed by atoms with E-state index in [0.29, 0.717) is 0 Å². The predicted molar refractivity (Wildman–Crippen MR) is 66.5 cm³/mol. The summed E-state index contributed by atoms with van der Waals surface area (Å²) in [7, 11) is 1.37. The molecule has 3 nitrogen and oxygen atoms in total. The minimum Gasteiger partial charge on any atom is -0.466 e. The highest BCUT2D eigenvalue weighted by Crippen LogP contribution is 2.21. The lowest BCUT2D eigenvalue weighted by atomic mass is 9.88. The summed E-state index contributed by atoms with van der Waals surface area (Å²) in [6.45, 7) is 0. The van der Waals surface area contributed by atoms with Crippen molar-refractivity contribution in [1.82, 2.24) is 0 Å². The highest BCUT2D eigenvalue weighted by atomic mass is 16.5. The van der Waals surface area contributed by atoms with Crippen molar-refractivity contribution in [2.24, 2.45) is 5.92 Å². The van der Waals surface area contributed by atoms with Crippen molar-refractivity contribution in [3.63, 3.8) is 0 Å². The maximum Gasteiger partial charge on any atom is 0.330 e. The Hall–Kier alpha value is -1.38. The molecule has 0 aromatic rings. The summed E-state index contributed by atoms with van der Waals surface area (Å²) in [5.41, 5.74) is 0. The maximum absolute atomic E-state index is 11.5. The van der Waals surface area contributed by atoms with Crippen molar-refractivity contribution in [1.29, 1.82) is 0 Å². The summed E-state index contributed by atoms with van der Waals surface area (Å²) >= 11 is 0. The fraction of sp³-hybridized carbons (Fsp3) is 0.571. The van der Waals surface area contributed by atoms with E-state index in [2.05, 4.69) is 4.74 Å². The summed E-state index contributed by atoms with van der Waals surface area (Å²) in [4.78, 5) is 22.3. The number of hydrogen-bond donors (Lipinski definition) is 0. The van der Waals surface area contributed by atoms with Gasteiger partial charge in [0.2, 0.25) is 0 Å². The molecule has 3 heteroatoms. The van der Waals surface area contributed by atoms with Crippen LogP contribution in [0.1, 0.15) is 38.5 Å². The van der Waals surface area contributed by atoms with Crippen LogP contribution in [-0.2, 0) is 14.3 Å². The van der Waals surface area contributed by atoms with Gasteiger partial charge in [-0.2, -0.15) is 0 Å². The number of rotatable bonds is 6. The Balaban J connectivity index is 2.08. The second-order valence-corrected chi connectivity index (χ2v) is 4.29. The number of carbonyl (C=O) groups excluding carboxylic acids is 2. The van der Waals surface area contributed by atoms with Crippen LogP contribution >= 0.6 is 0 Å². The molecule has 0 aromatic carbocycles. The molecule has 0 aromatic heterocycles. The zero-order valence-electron chi connectivity index (χ0n) is 10.4. The Morgan fingerprint density at radius 2 is 2.35 bits per heavy atom. The van der Waals surface area contributed by atoms with Gasteiger partial charge in [0.25, 0.3) is 0 Å². The van der Waals surface area contributed by atoms with Gasteiger partial charge in [0.15, 0.2) is 5.78 Å². The molecular weight excluding hydrogens is 216 g/mol. The first kappa shape index (κ1) is 13.7. The Morgan fingerprint density at radius 3 is 3.06 bits per heavy atom. The summed E-state index contributed by atoms with van der Waals surface area (Å²) in [5.74, 6) is 0.198. The minimum atomic E-state index is -0.308. The Bertz CT molecular complexity index is 315. The molecular formula is C14H20O3. The van der Waals surface area contributed by atoms with Crippen molar-refractivity contribution in [2.45, 2.75) is 38.5 Å². The second kappa shape index (κ2) is 7.82. The number of unbranched alkanes of at least 4 members (excludes halogenated alkanes) is 2. The molecule has 17 heavy (non-hydrogen) atoms. The molecule has 94 valence electrons. The van der Waals surface area contributed by atoms with Crippen molar-refractivity contribution in [3.8, 4) is 0 Å². The van der Waals surface area contributed by atoms with Crippen LogP contribution in [-0.4, -0.2) is 18.9 Å². The van der Waals surface area contributed by atoms with E-state index in [9.17, 15) is 9.59 Å².